The third kappa shape index (κ3) is 4.07. The van der Waals surface area contributed by atoms with E-state index in [1.807, 2.05) is 36.1 Å². The zero-order valence-electron chi connectivity index (χ0n) is 14.2. The Balaban J connectivity index is 1.61. The summed E-state index contributed by atoms with van der Waals surface area (Å²) in [6, 6.07) is 3.90. The van der Waals surface area contributed by atoms with Crippen molar-refractivity contribution in [1.82, 2.24) is 20.0 Å². The molecule has 1 aliphatic heterocycles. The molecular weight excluding hydrogens is 302 g/mol. The average Bonchev–Trinajstić information content (AvgIpc) is 3.31. The minimum atomic E-state index is 0.513. The summed E-state index contributed by atoms with van der Waals surface area (Å²) < 4.78 is 7.24. The van der Waals surface area contributed by atoms with Crippen LogP contribution in [0.2, 0.25) is 0 Å². The molecule has 0 amide bonds. The molecule has 2 aromatic heterocycles. The quantitative estimate of drug-likeness (QED) is 0.502. The van der Waals surface area contributed by atoms with Crippen molar-refractivity contribution in [3.8, 4) is 0 Å². The van der Waals surface area contributed by atoms with Crippen LogP contribution in [0.1, 0.15) is 23.7 Å². The predicted octanol–water partition coefficient (Wildman–Crippen LogP) is 2.18. The van der Waals surface area contributed by atoms with Crippen molar-refractivity contribution in [1.29, 1.82) is 0 Å². The molecule has 3 heterocycles. The van der Waals surface area contributed by atoms with Crippen LogP contribution in [0.4, 0.5) is 0 Å². The smallest absolute Gasteiger partial charge is 0.194 e. The number of aryl methyl sites for hydroxylation is 1. The Kier molecular flexibility index (Phi) is 5.36. The molecule has 1 unspecified atom stereocenters. The fourth-order valence-corrected chi connectivity index (χ4v) is 3.03. The Morgan fingerprint density at radius 2 is 2.50 bits per heavy atom. The van der Waals surface area contributed by atoms with Gasteiger partial charge in [0.1, 0.15) is 5.76 Å². The van der Waals surface area contributed by atoms with Gasteiger partial charge in [-0.3, -0.25) is 9.67 Å². The molecule has 0 aromatic carbocycles. The molecule has 128 valence electrons. The van der Waals surface area contributed by atoms with Crippen molar-refractivity contribution in [2.75, 3.05) is 26.2 Å². The number of nitrogens with one attached hydrogen (secondary N) is 1. The molecule has 6 heteroatoms. The van der Waals surface area contributed by atoms with Crippen LogP contribution in [-0.4, -0.2) is 46.8 Å². The van der Waals surface area contributed by atoms with E-state index in [0.717, 1.165) is 37.7 Å². The van der Waals surface area contributed by atoms with Gasteiger partial charge in [0.2, 0.25) is 0 Å². The number of aromatic nitrogens is 2. The van der Waals surface area contributed by atoms with Crippen molar-refractivity contribution >= 4 is 5.96 Å². The molecule has 3 rings (SSSR count). The zero-order chi connectivity index (χ0) is 16.8. The fourth-order valence-electron chi connectivity index (χ4n) is 3.03. The van der Waals surface area contributed by atoms with Gasteiger partial charge < -0.3 is 14.6 Å². The maximum absolute atomic E-state index is 5.37. The van der Waals surface area contributed by atoms with Crippen LogP contribution in [-0.2, 0) is 13.5 Å². The summed E-state index contributed by atoms with van der Waals surface area (Å²) in [6.07, 6.45) is 9.58. The van der Waals surface area contributed by atoms with Gasteiger partial charge in [0.15, 0.2) is 5.96 Å². The van der Waals surface area contributed by atoms with Crippen molar-refractivity contribution in [2.45, 2.75) is 18.8 Å². The minimum Gasteiger partial charge on any atom is -0.469 e. The van der Waals surface area contributed by atoms with Crippen LogP contribution in [0.25, 0.3) is 0 Å². The van der Waals surface area contributed by atoms with Gasteiger partial charge in [0.25, 0.3) is 0 Å². The second-order valence-corrected chi connectivity index (χ2v) is 6.08. The highest BCUT2D eigenvalue weighted by Gasteiger charge is 2.26. The molecule has 1 N–H and O–H groups in total. The molecule has 2 aromatic rings. The highest BCUT2D eigenvalue weighted by atomic mass is 16.3. The Morgan fingerprint density at radius 3 is 3.21 bits per heavy atom. The van der Waals surface area contributed by atoms with Crippen LogP contribution in [0, 0.1) is 0 Å². The van der Waals surface area contributed by atoms with E-state index in [4.69, 9.17) is 9.41 Å². The van der Waals surface area contributed by atoms with Gasteiger partial charge in [0.05, 0.1) is 12.5 Å². The highest BCUT2D eigenvalue weighted by molar-refractivity contribution is 5.80. The van der Waals surface area contributed by atoms with Gasteiger partial charge >= 0.3 is 0 Å². The number of guanidine groups is 1. The van der Waals surface area contributed by atoms with Crippen molar-refractivity contribution in [3.63, 3.8) is 0 Å². The van der Waals surface area contributed by atoms with E-state index in [2.05, 4.69) is 28.1 Å². The van der Waals surface area contributed by atoms with Crippen LogP contribution in [0.15, 0.2) is 52.9 Å². The van der Waals surface area contributed by atoms with Gasteiger partial charge in [-0.2, -0.15) is 5.10 Å². The highest BCUT2D eigenvalue weighted by Crippen LogP contribution is 2.26. The zero-order valence-corrected chi connectivity index (χ0v) is 14.2. The van der Waals surface area contributed by atoms with Gasteiger partial charge in [-0.05, 0) is 24.1 Å². The van der Waals surface area contributed by atoms with Crippen molar-refractivity contribution < 1.29 is 4.42 Å². The lowest BCUT2D eigenvalue weighted by atomic mass is 10.0. The summed E-state index contributed by atoms with van der Waals surface area (Å²) in [4.78, 5) is 7.08. The number of hydrogen-bond acceptors (Lipinski definition) is 3. The molecule has 0 saturated carbocycles. The standard InChI is InChI=1S/C18H25N5O/c1-3-8-19-18(20-9-6-17-5-4-11-24-17)23-10-7-15(14-23)16-12-21-22(2)13-16/h3-5,11-13,15H,1,6-10,14H2,2H3,(H,19,20). The second-order valence-electron chi connectivity index (χ2n) is 6.08. The van der Waals surface area contributed by atoms with Crippen LogP contribution in [0.3, 0.4) is 0 Å². The number of aliphatic imine (C=N–C) groups is 1. The maximum Gasteiger partial charge on any atom is 0.194 e. The molecule has 0 bridgehead atoms. The fraction of sp³-hybridized carbons (Fsp3) is 0.444. The van der Waals surface area contributed by atoms with E-state index in [1.165, 1.54) is 5.56 Å². The predicted molar refractivity (Wildman–Crippen MR) is 95.1 cm³/mol. The monoisotopic (exact) mass is 327 g/mol. The van der Waals surface area contributed by atoms with E-state index in [9.17, 15) is 0 Å². The molecule has 1 fully saturated rings. The van der Waals surface area contributed by atoms with E-state index in [0.29, 0.717) is 19.0 Å². The molecule has 0 spiro atoms. The summed E-state index contributed by atoms with van der Waals surface area (Å²) in [6.45, 7) is 7.18. The first-order valence-electron chi connectivity index (χ1n) is 8.41. The van der Waals surface area contributed by atoms with Gasteiger partial charge in [-0.1, -0.05) is 6.08 Å². The van der Waals surface area contributed by atoms with E-state index in [1.54, 1.807) is 6.26 Å². The topological polar surface area (TPSA) is 58.6 Å². The summed E-state index contributed by atoms with van der Waals surface area (Å²) >= 11 is 0. The Labute approximate surface area is 142 Å². The first-order chi connectivity index (χ1) is 11.8. The van der Waals surface area contributed by atoms with E-state index >= 15 is 0 Å². The van der Waals surface area contributed by atoms with Crippen molar-refractivity contribution in [2.24, 2.45) is 12.0 Å². The molecular formula is C18H25N5O. The number of likely N-dealkylation sites (tertiary alicyclic amines) is 1. The normalized spacial score (nSPS) is 18.1. The van der Waals surface area contributed by atoms with Crippen LogP contribution >= 0.6 is 0 Å². The van der Waals surface area contributed by atoms with Crippen LogP contribution < -0.4 is 5.32 Å². The molecule has 24 heavy (non-hydrogen) atoms. The molecule has 0 radical (unpaired) electrons. The summed E-state index contributed by atoms with van der Waals surface area (Å²) in [5.41, 5.74) is 1.30. The third-order valence-corrected chi connectivity index (χ3v) is 4.29. The number of furan rings is 1. The molecule has 1 atom stereocenters. The SMILES string of the molecule is C=CCNC(=NCCc1ccco1)N1CCC(c2cnn(C)c2)C1. The molecule has 1 aliphatic rings. The van der Waals surface area contributed by atoms with Gasteiger partial charge in [0, 0.05) is 51.8 Å². The van der Waals surface area contributed by atoms with E-state index in [-0.39, 0.29) is 0 Å². The Hall–Kier alpha value is -2.50. The Bertz CT molecular complexity index is 673. The lowest BCUT2D eigenvalue weighted by molar-refractivity contribution is 0.484. The summed E-state index contributed by atoms with van der Waals surface area (Å²) in [7, 11) is 1.96. The molecule has 0 aliphatic carbocycles. The molecule has 1 saturated heterocycles. The number of rotatable bonds is 6. The first-order valence-corrected chi connectivity index (χ1v) is 8.41. The third-order valence-electron chi connectivity index (χ3n) is 4.29. The number of nitrogens with zero attached hydrogens (tertiary/aromatic N) is 4. The van der Waals surface area contributed by atoms with Crippen molar-refractivity contribution in [3.05, 3.63) is 54.8 Å². The lowest BCUT2D eigenvalue weighted by Crippen LogP contribution is -2.40. The number of hydrogen-bond donors (Lipinski definition) is 1. The largest absolute Gasteiger partial charge is 0.469 e. The van der Waals surface area contributed by atoms with Gasteiger partial charge in [-0.15, -0.1) is 6.58 Å². The summed E-state index contributed by atoms with van der Waals surface area (Å²) in [5, 5.41) is 7.66. The van der Waals surface area contributed by atoms with Gasteiger partial charge in [-0.25, -0.2) is 0 Å². The van der Waals surface area contributed by atoms with E-state index < -0.39 is 0 Å². The lowest BCUT2D eigenvalue weighted by Gasteiger charge is -2.21. The summed E-state index contributed by atoms with van der Waals surface area (Å²) in [5.74, 6) is 2.43. The van der Waals surface area contributed by atoms with Crippen LogP contribution in [0.5, 0.6) is 0 Å². The first kappa shape index (κ1) is 16.4. The maximum atomic E-state index is 5.37. The molecule has 6 nitrogen and oxygen atoms in total. The Morgan fingerprint density at radius 1 is 1.58 bits per heavy atom. The second kappa shape index (κ2) is 7.86. The minimum absolute atomic E-state index is 0.513. The average molecular weight is 327 g/mol.